The van der Waals surface area contributed by atoms with Crippen molar-refractivity contribution >= 4 is 5.69 Å². The van der Waals surface area contributed by atoms with Crippen LogP contribution in [0.25, 0.3) is 0 Å². The lowest BCUT2D eigenvalue weighted by atomic mass is 9.97. The summed E-state index contributed by atoms with van der Waals surface area (Å²) in [6, 6.07) is 15.8. The van der Waals surface area contributed by atoms with Crippen LogP contribution in [0.3, 0.4) is 0 Å². The molecule has 1 saturated heterocycles. The normalized spacial score (nSPS) is 17.0. The van der Waals surface area contributed by atoms with E-state index >= 15 is 0 Å². The van der Waals surface area contributed by atoms with Crippen molar-refractivity contribution in [3.63, 3.8) is 0 Å². The van der Waals surface area contributed by atoms with Crippen molar-refractivity contribution in [2.75, 3.05) is 31.1 Å². The first kappa shape index (κ1) is 26.5. The van der Waals surface area contributed by atoms with E-state index in [9.17, 15) is 4.39 Å². The Hall–Kier alpha value is -2.11. The van der Waals surface area contributed by atoms with Crippen LogP contribution in [0.2, 0.25) is 0 Å². The maximum Gasteiger partial charge on any atom is 0.123 e. The first-order chi connectivity index (χ1) is 16.4. The highest BCUT2D eigenvalue weighted by molar-refractivity contribution is 5.50. The van der Waals surface area contributed by atoms with E-state index in [0.29, 0.717) is 24.5 Å². The van der Waals surface area contributed by atoms with Gasteiger partial charge in [-0.25, -0.2) is 4.39 Å². The first-order valence-corrected chi connectivity index (χ1v) is 13.1. The molecule has 0 amide bonds. The Labute approximate surface area is 206 Å². The number of ether oxygens (including phenoxy) is 1. The molecule has 2 atom stereocenters. The second kappa shape index (κ2) is 13.1. The zero-order valence-corrected chi connectivity index (χ0v) is 21.6. The lowest BCUT2D eigenvalue weighted by Crippen LogP contribution is -2.49. The summed E-state index contributed by atoms with van der Waals surface area (Å²) >= 11 is 0. The highest BCUT2D eigenvalue weighted by Gasteiger charge is 2.26. The Bertz CT molecular complexity index is 831. The van der Waals surface area contributed by atoms with Crippen LogP contribution in [-0.2, 0) is 6.61 Å². The highest BCUT2D eigenvalue weighted by Crippen LogP contribution is 2.27. The first-order valence-electron chi connectivity index (χ1n) is 13.1. The fourth-order valence-electron chi connectivity index (χ4n) is 4.60. The molecule has 2 N–H and O–H groups in total. The standard InChI is InChI=1S/C29H44FN3O/c1-5-23(4)29(31)20-32-17-15-27(16-18-32)33(19-14-22(2)3)26-10-12-28(13-11-26)34-21-24-6-8-25(30)9-7-24/h6-13,22-23,27,29H,5,14-21,31H2,1-4H3. The van der Waals surface area contributed by atoms with Crippen LogP contribution in [-0.4, -0.2) is 43.2 Å². The summed E-state index contributed by atoms with van der Waals surface area (Å²) in [6.45, 7) is 13.8. The molecule has 34 heavy (non-hydrogen) atoms. The summed E-state index contributed by atoms with van der Waals surface area (Å²) in [6.07, 6.45) is 4.68. The van der Waals surface area contributed by atoms with Gasteiger partial charge in [0.1, 0.15) is 18.2 Å². The van der Waals surface area contributed by atoms with Gasteiger partial charge in [-0.1, -0.05) is 46.2 Å². The molecule has 5 heteroatoms. The van der Waals surface area contributed by atoms with Crippen molar-refractivity contribution in [3.05, 3.63) is 59.9 Å². The van der Waals surface area contributed by atoms with Crippen molar-refractivity contribution in [2.24, 2.45) is 17.6 Å². The number of halogens is 1. The summed E-state index contributed by atoms with van der Waals surface area (Å²) in [7, 11) is 0. The number of benzene rings is 2. The third-order valence-corrected chi connectivity index (χ3v) is 7.28. The predicted molar refractivity (Wildman–Crippen MR) is 141 cm³/mol. The molecule has 4 nitrogen and oxygen atoms in total. The number of piperidine rings is 1. The average Bonchev–Trinajstić information content (AvgIpc) is 2.84. The van der Waals surface area contributed by atoms with Gasteiger partial charge < -0.3 is 20.3 Å². The van der Waals surface area contributed by atoms with Crippen molar-refractivity contribution in [1.29, 1.82) is 0 Å². The minimum absolute atomic E-state index is 0.223. The number of nitrogens with zero attached hydrogens (tertiary/aromatic N) is 2. The SMILES string of the molecule is CCC(C)C(N)CN1CCC(N(CCC(C)C)c2ccc(OCc3ccc(F)cc3)cc2)CC1. The van der Waals surface area contributed by atoms with Gasteiger partial charge in [-0.3, -0.25) is 0 Å². The van der Waals surface area contributed by atoms with Crippen molar-refractivity contribution in [3.8, 4) is 5.75 Å². The summed E-state index contributed by atoms with van der Waals surface area (Å²) in [5.41, 5.74) is 8.66. The number of likely N-dealkylation sites (tertiary alicyclic amines) is 1. The molecule has 0 bridgehead atoms. The number of rotatable bonds is 12. The molecule has 0 spiro atoms. The molecular formula is C29H44FN3O. The van der Waals surface area contributed by atoms with Gasteiger partial charge in [0.05, 0.1) is 0 Å². The second-order valence-corrected chi connectivity index (χ2v) is 10.4. The minimum atomic E-state index is -0.223. The Kier molecular flexibility index (Phi) is 10.2. The Morgan fingerprint density at radius 3 is 2.26 bits per heavy atom. The molecule has 3 rings (SSSR count). The molecule has 0 aliphatic carbocycles. The fourth-order valence-corrected chi connectivity index (χ4v) is 4.60. The highest BCUT2D eigenvalue weighted by atomic mass is 19.1. The van der Waals surface area contributed by atoms with Crippen LogP contribution >= 0.6 is 0 Å². The molecule has 2 unspecified atom stereocenters. The van der Waals surface area contributed by atoms with E-state index in [0.717, 1.165) is 43.9 Å². The molecule has 0 radical (unpaired) electrons. The van der Waals surface area contributed by atoms with Crippen LogP contribution < -0.4 is 15.4 Å². The van der Waals surface area contributed by atoms with Gasteiger partial charge in [-0.2, -0.15) is 0 Å². The van der Waals surface area contributed by atoms with Crippen LogP contribution in [0.15, 0.2) is 48.5 Å². The number of hydrogen-bond acceptors (Lipinski definition) is 4. The van der Waals surface area contributed by atoms with Crippen LogP contribution in [0, 0.1) is 17.7 Å². The molecule has 188 valence electrons. The monoisotopic (exact) mass is 469 g/mol. The summed E-state index contributed by atoms with van der Waals surface area (Å²) in [5.74, 6) is 1.86. The number of hydrogen-bond donors (Lipinski definition) is 1. The van der Waals surface area contributed by atoms with Crippen LogP contribution in [0.1, 0.15) is 58.9 Å². The van der Waals surface area contributed by atoms with Gasteiger partial charge >= 0.3 is 0 Å². The summed E-state index contributed by atoms with van der Waals surface area (Å²) < 4.78 is 19.0. The van der Waals surface area contributed by atoms with Gasteiger partial charge in [0.25, 0.3) is 0 Å². The fraction of sp³-hybridized carbons (Fsp3) is 0.586. The molecule has 1 aliphatic heterocycles. The number of anilines is 1. The van der Waals surface area contributed by atoms with E-state index in [2.05, 4.69) is 61.8 Å². The van der Waals surface area contributed by atoms with E-state index in [4.69, 9.17) is 10.5 Å². The predicted octanol–water partition coefficient (Wildman–Crippen LogP) is 6.10. The largest absolute Gasteiger partial charge is 0.489 e. The van der Waals surface area contributed by atoms with Gasteiger partial charge in [-0.05, 0) is 73.1 Å². The van der Waals surface area contributed by atoms with Crippen LogP contribution in [0.4, 0.5) is 10.1 Å². The molecule has 1 fully saturated rings. The molecule has 1 heterocycles. The van der Waals surface area contributed by atoms with E-state index in [1.807, 2.05) is 0 Å². The third kappa shape index (κ3) is 7.99. The Balaban J connectivity index is 1.59. The zero-order chi connectivity index (χ0) is 24.5. The van der Waals surface area contributed by atoms with Gasteiger partial charge in [0.2, 0.25) is 0 Å². The summed E-state index contributed by atoms with van der Waals surface area (Å²) in [4.78, 5) is 5.16. The van der Waals surface area contributed by atoms with E-state index < -0.39 is 0 Å². The zero-order valence-electron chi connectivity index (χ0n) is 21.6. The third-order valence-electron chi connectivity index (χ3n) is 7.28. The maximum absolute atomic E-state index is 13.1. The Morgan fingerprint density at radius 2 is 1.68 bits per heavy atom. The molecular weight excluding hydrogens is 425 g/mol. The second-order valence-electron chi connectivity index (χ2n) is 10.4. The van der Waals surface area contributed by atoms with E-state index in [1.54, 1.807) is 12.1 Å². The van der Waals surface area contributed by atoms with Gasteiger partial charge in [-0.15, -0.1) is 0 Å². The quantitative estimate of drug-likeness (QED) is 0.408. The van der Waals surface area contributed by atoms with Gasteiger partial charge in [0.15, 0.2) is 0 Å². The molecule has 0 saturated carbocycles. The topological polar surface area (TPSA) is 41.7 Å². The molecule has 2 aromatic carbocycles. The van der Waals surface area contributed by atoms with Crippen LogP contribution in [0.5, 0.6) is 5.75 Å². The smallest absolute Gasteiger partial charge is 0.123 e. The van der Waals surface area contributed by atoms with Crippen molar-refractivity contribution < 1.29 is 9.13 Å². The lowest BCUT2D eigenvalue weighted by Gasteiger charge is -2.41. The van der Waals surface area contributed by atoms with Crippen molar-refractivity contribution in [2.45, 2.75) is 72.1 Å². The van der Waals surface area contributed by atoms with E-state index in [-0.39, 0.29) is 11.9 Å². The minimum Gasteiger partial charge on any atom is -0.489 e. The average molecular weight is 470 g/mol. The maximum atomic E-state index is 13.1. The Morgan fingerprint density at radius 1 is 1.03 bits per heavy atom. The summed E-state index contributed by atoms with van der Waals surface area (Å²) in [5, 5.41) is 0. The molecule has 1 aliphatic rings. The van der Waals surface area contributed by atoms with Crippen molar-refractivity contribution in [1.82, 2.24) is 4.90 Å². The molecule has 0 aromatic heterocycles. The molecule has 2 aromatic rings. The number of nitrogens with two attached hydrogens (primary N) is 1. The van der Waals surface area contributed by atoms with Gasteiger partial charge in [0, 0.05) is 44.0 Å². The lowest BCUT2D eigenvalue weighted by molar-refractivity contribution is 0.183. The van der Waals surface area contributed by atoms with E-state index in [1.165, 1.54) is 37.1 Å².